The molecule has 0 saturated heterocycles. The van der Waals surface area contributed by atoms with Crippen LogP contribution in [0.3, 0.4) is 0 Å². The second-order valence-corrected chi connectivity index (χ2v) is 15.7. The molecule has 0 N–H and O–H groups in total. The normalized spacial score (nSPS) is 16.5. The Morgan fingerprint density at radius 3 is 2.12 bits per heavy atom. The summed E-state index contributed by atoms with van der Waals surface area (Å²) in [4.78, 5) is 0. The third-order valence-electron chi connectivity index (χ3n) is 8.64. The molecular weight excluding hydrogens is 623 g/mol. The van der Waals surface area contributed by atoms with Crippen LogP contribution in [0.25, 0.3) is 28.3 Å². The molecule has 2 atom stereocenters. The van der Waals surface area contributed by atoms with Gasteiger partial charge in [-0.2, -0.15) is 0 Å². The molecule has 0 nitrogen and oxygen atoms in total. The van der Waals surface area contributed by atoms with E-state index < -0.39 is 8.80 Å². The molecule has 203 valence electrons. The molecule has 4 heteroatoms. The molecule has 0 heterocycles. The predicted octanol–water partition coefficient (Wildman–Crippen LogP) is 3.17. The van der Waals surface area contributed by atoms with Crippen molar-refractivity contribution in [3.05, 3.63) is 118 Å². The molecule has 0 radical (unpaired) electrons. The van der Waals surface area contributed by atoms with Gasteiger partial charge in [0, 0.05) is 0 Å². The first-order chi connectivity index (χ1) is 18.6. The fourth-order valence-electron chi connectivity index (χ4n) is 6.82. The van der Waals surface area contributed by atoms with E-state index in [1.807, 2.05) is 0 Å². The Kier molecular flexibility index (Phi) is 10.6. The van der Waals surface area contributed by atoms with E-state index in [0.717, 1.165) is 0 Å². The van der Waals surface area contributed by atoms with E-state index in [4.69, 9.17) is 0 Å². The van der Waals surface area contributed by atoms with Crippen molar-refractivity contribution in [3.8, 4) is 22.3 Å². The van der Waals surface area contributed by atoms with Gasteiger partial charge in [-0.25, -0.2) is 0 Å². The van der Waals surface area contributed by atoms with E-state index in [2.05, 4.69) is 111 Å². The smallest absolute Gasteiger partial charge is 1.00 e. The summed E-state index contributed by atoms with van der Waals surface area (Å²) >= 11 is 1.60. The van der Waals surface area contributed by atoms with Gasteiger partial charge in [-0.05, 0) is 0 Å². The van der Waals surface area contributed by atoms with Crippen molar-refractivity contribution in [2.45, 2.75) is 61.7 Å². The second-order valence-electron chi connectivity index (χ2n) is 11.3. The van der Waals surface area contributed by atoms with Gasteiger partial charge in [-0.3, -0.25) is 0 Å². The maximum atomic E-state index is 2.60. The van der Waals surface area contributed by atoms with E-state index in [9.17, 15) is 0 Å². The molecule has 2 aliphatic carbocycles. The molecule has 6 rings (SSSR count). The summed E-state index contributed by atoms with van der Waals surface area (Å²) in [5.41, 5.74) is 15.2. The van der Waals surface area contributed by atoms with Gasteiger partial charge in [-0.15, -0.1) is 0 Å². The minimum absolute atomic E-state index is 0. The Bertz CT molecular complexity index is 1510. The third-order valence-corrected chi connectivity index (χ3v) is 11.9. The Labute approximate surface area is 270 Å². The fraction of sp³-hybridized carbons (Fsp3) is 0.278. The van der Waals surface area contributed by atoms with Crippen molar-refractivity contribution in [1.29, 1.82) is 0 Å². The molecule has 2 aliphatic rings. The zero-order valence-corrected chi connectivity index (χ0v) is 28.8. The van der Waals surface area contributed by atoms with Crippen molar-refractivity contribution in [2.75, 3.05) is 0 Å². The summed E-state index contributed by atoms with van der Waals surface area (Å²) in [6.07, 6.45) is 9.03. The molecule has 0 bridgehead atoms. The topological polar surface area (TPSA) is 0 Å². The molecule has 40 heavy (non-hydrogen) atoms. The van der Waals surface area contributed by atoms with Crippen LogP contribution in [-0.2, 0) is 24.7 Å². The molecule has 0 aromatic heterocycles. The van der Waals surface area contributed by atoms with Crippen LogP contribution in [0.1, 0.15) is 76.4 Å². The Morgan fingerprint density at radius 2 is 1.38 bits per heavy atom. The first kappa shape index (κ1) is 31.2. The van der Waals surface area contributed by atoms with Gasteiger partial charge in [0.25, 0.3) is 0 Å². The molecule has 0 aliphatic heterocycles. The summed E-state index contributed by atoms with van der Waals surface area (Å²) in [5.74, 6) is 0.382. The van der Waals surface area contributed by atoms with Gasteiger partial charge in [0.15, 0.2) is 0 Å². The standard InChI is InChI=1S/C36H37Si.2ClH.Zr/c1-4-5-6-8-17-27-24-32-28(25-14-9-7-10-15-25)19-13-20-31(32)35(27)36-33-23-26-16-11-12-18-29(26)30(33)21-22-34(36)37(2)3;;;/h7,9-16,18-24,35,37H,4-6,8,17H2,1-3H3;2*1H;/q;;;+2/p-2. The SMILES string of the molecule is CCCCCCC1=Cc2c(-c3ccccc3)cccc2C1c1c([SiH](C)C)ccc2c1[CH]([Zr+2])c1ccccc1-2.[Cl-].[Cl-]. The van der Waals surface area contributed by atoms with Gasteiger partial charge < -0.3 is 24.8 Å². The molecule has 4 aromatic carbocycles. The zero-order chi connectivity index (χ0) is 26.2. The molecule has 2 unspecified atom stereocenters. The largest absolute Gasteiger partial charge is 1.00 e. The number of fused-ring (bicyclic) bond motifs is 4. The predicted molar refractivity (Wildman–Crippen MR) is 163 cm³/mol. The second kappa shape index (κ2) is 13.5. The van der Waals surface area contributed by atoms with Gasteiger partial charge in [0.05, 0.1) is 0 Å². The minimum Gasteiger partial charge on any atom is -1.00 e. The molecule has 0 saturated carbocycles. The monoisotopic (exact) mass is 657 g/mol. The van der Waals surface area contributed by atoms with Gasteiger partial charge in [0.2, 0.25) is 0 Å². The number of allylic oxidation sites excluding steroid dienone is 1. The molecule has 0 amide bonds. The van der Waals surface area contributed by atoms with Crippen molar-refractivity contribution >= 4 is 20.1 Å². The molecule has 4 aromatic rings. The number of rotatable bonds is 8. The summed E-state index contributed by atoms with van der Waals surface area (Å²) < 4.78 is 0.527. The van der Waals surface area contributed by atoms with E-state index in [1.54, 1.807) is 46.6 Å². The Morgan fingerprint density at radius 1 is 0.675 bits per heavy atom. The first-order valence-electron chi connectivity index (χ1n) is 14.5. The van der Waals surface area contributed by atoms with Crippen LogP contribution in [-0.4, -0.2) is 8.80 Å². The number of unbranched alkanes of at least 4 members (excludes halogenated alkanes) is 3. The van der Waals surface area contributed by atoms with E-state index >= 15 is 0 Å². The van der Waals surface area contributed by atoms with Crippen molar-refractivity contribution in [3.63, 3.8) is 0 Å². The minimum atomic E-state index is -1.05. The summed E-state index contributed by atoms with van der Waals surface area (Å²) in [5, 5.41) is 1.67. The summed E-state index contributed by atoms with van der Waals surface area (Å²) in [7, 11) is -1.05. The van der Waals surface area contributed by atoms with E-state index in [1.165, 1.54) is 71.0 Å². The number of benzene rings is 4. The maximum absolute atomic E-state index is 2.60. The third kappa shape index (κ3) is 5.55. The average Bonchev–Trinajstić information content (AvgIpc) is 3.46. The first-order valence-corrected chi connectivity index (χ1v) is 18.8. The van der Waals surface area contributed by atoms with E-state index in [0.29, 0.717) is 9.54 Å². The quantitative estimate of drug-likeness (QED) is 0.202. The number of halogens is 2. The Hall–Kier alpha value is -1.70. The van der Waals surface area contributed by atoms with Crippen LogP contribution in [0.5, 0.6) is 0 Å². The molecule has 0 fully saturated rings. The fourth-order valence-corrected chi connectivity index (χ4v) is 9.63. The zero-order valence-electron chi connectivity index (χ0n) is 23.7. The van der Waals surface area contributed by atoms with Crippen molar-refractivity contribution < 1.29 is 49.5 Å². The van der Waals surface area contributed by atoms with Gasteiger partial charge >= 0.3 is 247 Å². The molecular formula is C36H37Cl2SiZr. The van der Waals surface area contributed by atoms with Crippen molar-refractivity contribution in [2.24, 2.45) is 0 Å². The van der Waals surface area contributed by atoms with Crippen molar-refractivity contribution in [1.82, 2.24) is 0 Å². The summed E-state index contributed by atoms with van der Waals surface area (Å²) in [6, 6.07) is 32.2. The van der Waals surface area contributed by atoms with E-state index in [-0.39, 0.29) is 24.8 Å². The summed E-state index contributed by atoms with van der Waals surface area (Å²) in [6.45, 7) is 7.35. The van der Waals surface area contributed by atoms with Gasteiger partial charge in [0.1, 0.15) is 0 Å². The van der Waals surface area contributed by atoms with Gasteiger partial charge in [-0.1, -0.05) is 0 Å². The number of hydrogen-bond acceptors (Lipinski definition) is 0. The van der Waals surface area contributed by atoms with Crippen LogP contribution in [0, 0.1) is 0 Å². The van der Waals surface area contributed by atoms with Crippen LogP contribution < -0.4 is 30.0 Å². The van der Waals surface area contributed by atoms with Crippen LogP contribution >= 0.6 is 0 Å². The van der Waals surface area contributed by atoms with Crippen LogP contribution in [0.2, 0.25) is 13.1 Å². The maximum Gasteiger partial charge on any atom is -1.00 e. The Balaban J connectivity index is 0.00000185. The van der Waals surface area contributed by atoms with Crippen LogP contribution in [0.15, 0.2) is 90.5 Å². The number of hydrogen-bond donors (Lipinski definition) is 0. The molecule has 0 spiro atoms. The van der Waals surface area contributed by atoms with Crippen LogP contribution in [0.4, 0.5) is 0 Å². The average molecular weight is 660 g/mol.